The molecule has 0 saturated heterocycles. The van der Waals surface area contributed by atoms with E-state index in [1.807, 2.05) is 0 Å². The van der Waals surface area contributed by atoms with E-state index < -0.39 is 28.1 Å². The van der Waals surface area contributed by atoms with Gasteiger partial charge in [-0.15, -0.1) is 0 Å². The molecule has 0 unspecified atom stereocenters. The molecular formula is C18H20N4O7. The highest BCUT2D eigenvalue weighted by atomic mass is 16.6. The third-order valence-corrected chi connectivity index (χ3v) is 4.25. The maximum atomic E-state index is 12.9. The topological polar surface area (TPSA) is 141 Å². The first-order chi connectivity index (χ1) is 13.7. The summed E-state index contributed by atoms with van der Waals surface area (Å²) in [6.45, 7) is 5.80. The fraction of sp³-hybridized carbons (Fsp3) is 0.389. The van der Waals surface area contributed by atoms with Gasteiger partial charge in [-0.1, -0.05) is 0 Å². The lowest BCUT2D eigenvalue weighted by Gasteiger charge is -2.33. The first-order valence-corrected chi connectivity index (χ1v) is 8.74. The Balaban J connectivity index is 2.53. The molecule has 11 nitrogen and oxygen atoms in total. The van der Waals surface area contributed by atoms with Crippen LogP contribution in [-0.4, -0.2) is 47.3 Å². The van der Waals surface area contributed by atoms with Gasteiger partial charge in [0.05, 0.1) is 35.2 Å². The van der Waals surface area contributed by atoms with Crippen molar-refractivity contribution in [2.75, 3.05) is 18.3 Å². The molecular weight excluding hydrogens is 384 g/mol. The summed E-state index contributed by atoms with van der Waals surface area (Å²) in [6.07, 6.45) is 0. The van der Waals surface area contributed by atoms with Crippen LogP contribution in [0.4, 0.5) is 11.4 Å². The number of ketones is 1. The number of nitro groups is 1. The number of benzene rings is 1. The van der Waals surface area contributed by atoms with Crippen molar-refractivity contribution in [2.24, 2.45) is 15.6 Å². The summed E-state index contributed by atoms with van der Waals surface area (Å²) in [5.74, 6) is -3.33. The second-order valence-electron chi connectivity index (χ2n) is 5.95. The Morgan fingerprint density at radius 1 is 1.03 bits per heavy atom. The molecule has 0 fully saturated rings. The minimum absolute atomic E-state index is 0.0245. The van der Waals surface area contributed by atoms with E-state index in [0.29, 0.717) is 5.69 Å². The first kappa shape index (κ1) is 21.7. The highest BCUT2D eigenvalue weighted by Crippen LogP contribution is 2.33. The van der Waals surface area contributed by atoms with E-state index in [9.17, 15) is 24.5 Å². The number of nitrogens with zero attached hydrogens (tertiary/aromatic N) is 4. The second-order valence-corrected chi connectivity index (χ2v) is 5.95. The standard InChI is InChI=1S/C18H20N4O7/c1-5-28-16(24)15(23)18(17(25)29-6-2)11(3)19-21(20-12(18)4)13-7-9-14(10-8-13)22(26)27/h7-10H,5-6H2,1-4H3. The normalized spacial score (nSPS) is 15.1. The number of Topliss-reactive ketones (excluding diaryl/α,β-unsaturated/α-hetero) is 1. The highest BCUT2D eigenvalue weighted by Gasteiger charge is 2.58. The Hall–Kier alpha value is -3.63. The van der Waals surface area contributed by atoms with Gasteiger partial charge in [0, 0.05) is 12.1 Å². The van der Waals surface area contributed by atoms with Crippen LogP contribution >= 0.6 is 0 Å². The number of nitro benzene ring substituents is 1. The molecule has 0 saturated carbocycles. The number of carbonyl (C=O) groups is 3. The van der Waals surface area contributed by atoms with E-state index in [1.165, 1.54) is 45.0 Å². The van der Waals surface area contributed by atoms with Crippen LogP contribution in [0.3, 0.4) is 0 Å². The Bertz CT molecular complexity index is 885. The fourth-order valence-electron chi connectivity index (χ4n) is 2.85. The van der Waals surface area contributed by atoms with Crippen molar-refractivity contribution < 1.29 is 28.8 Å². The van der Waals surface area contributed by atoms with Crippen molar-refractivity contribution in [1.29, 1.82) is 0 Å². The number of carbonyl (C=O) groups excluding carboxylic acids is 3. The van der Waals surface area contributed by atoms with Gasteiger partial charge in [0.15, 0.2) is 0 Å². The third kappa shape index (κ3) is 3.84. The van der Waals surface area contributed by atoms with Crippen molar-refractivity contribution >= 4 is 40.5 Å². The summed E-state index contributed by atoms with van der Waals surface area (Å²) in [5, 5.41) is 20.2. The van der Waals surface area contributed by atoms with Crippen LogP contribution in [0.15, 0.2) is 34.5 Å². The number of hydrogen-bond acceptors (Lipinski definition) is 10. The van der Waals surface area contributed by atoms with Gasteiger partial charge in [0.1, 0.15) is 0 Å². The third-order valence-electron chi connectivity index (χ3n) is 4.25. The molecule has 1 aliphatic rings. The SMILES string of the molecule is CCOC(=O)C(=O)C1(C(=O)OCC)C(C)=NN(c2ccc([N+](=O)[O-])cc2)N=C1C. The number of anilines is 1. The average molecular weight is 404 g/mol. The summed E-state index contributed by atoms with van der Waals surface area (Å²) in [6, 6.07) is 5.36. The van der Waals surface area contributed by atoms with Crippen molar-refractivity contribution in [1.82, 2.24) is 0 Å². The van der Waals surface area contributed by atoms with E-state index in [2.05, 4.69) is 10.2 Å². The van der Waals surface area contributed by atoms with E-state index >= 15 is 0 Å². The molecule has 1 aliphatic heterocycles. The monoisotopic (exact) mass is 404 g/mol. The molecule has 0 amide bonds. The molecule has 29 heavy (non-hydrogen) atoms. The van der Waals surface area contributed by atoms with Crippen LogP contribution in [0.2, 0.25) is 0 Å². The van der Waals surface area contributed by atoms with Crippen LogP contribution in [0.5, 0.6) is 0 Å². The minimum atomic E-state index is -2.14. The van der Waals surface area contributed by atoms with E-state index in [1.54, 1.807) is 6.92 Å². The summed E-state index contributed by atoms with van der Waals surface area (Å²) in [5.41, 5.74) is -1.99. The quantitative estimate of drug-likeness (QED) is 0.220. The Labute approximate surface area is 166 Å². The van der Waals surface area contributed by atoms with Gasteiger partial charge >= 0.3 is 11.9 Å². The van der Waals surface area contributed by atoms with Crippen molar-refractivity contribution in [3.63, 3.8) is 0 Å². The smallest absolute Gasteiger partial charge is 0.376 e. The highest BCUT2D eigenvalue weighted by molar-refractivity contribution is 6.54. The lowest BCUT2D eigenvalue weighted by atomic mass is 9.74. The molecule has 0 spiro atoms. The zero-order chi connectivity index (χ0) is 21.8. The predicted molar refractivity (Wildman–Crippen MR) is 102 cm³/mol. The van der Waals surface area contributed by atoms with Crippen LogP contribution in [0.25, 0.3) is 0 Å². The van der Waals surface area contributed by atoms with Gasteiger partial charge in [-0.25, -0.2) is 4.79 Å². The van der Waals surface area contributed by atoms with Crippen molar-refractivity contribution in [3.05, 3.63) is 34.4 Å². The summed E-state index contributed by atoms with van der Waals surface area (Å²) < 4.78 is 9.81. The molecule has 0 radical (unpaired) electrons. The molecule has 0 aliphatic carbocycles. The Morgan fingerprint density at radius 3 is 2.00 bits per heavy atom. The van der Waals surface area contributed by atoms with Crippen LogP contribution in [0.1, 0.15) is 27.7 Å². The molecule has 0 N–H and O–H groups in total. The molecule has 2 rings (SSSR count). The van der Waals surface area contributed by atoms with Gasteiger partial charge < -0.3 is 9.47 Å². The van der Waals surface area contributed by atoms with Crippen LogP contribution in [-0.2, 0) is 23.9 Å². The zero-order valence-corrected chi connectivity index (χ0v) is 16.4. The molecule has 1 heterocycles. The maximum Gasteiger partial charge on any atom is 0.376 e. The van der Waals surface area contributed by atoms with Crippen molar-refractivity contribution in [3.8, 4) is 0 Å². The Morgan fingerprint density at radius 2 is 1.55 bits per heavy atom. The minimum Gasteiger partial charge on any atom is -0.465 e. The lowest BCUT2D eigenvalue weighted by molar-refractivity contribution is -0.384. The van der Waals surface area contributed by atoms with Gasteiger partial charge in [0.2, 0.25) is 5.41 Å². The van der Waals surface area contributed by atoms with E-state index in [4.69, 9.17) is 9.47 Å². The predicted octanol–water partition coefficient (Wildman–Crippen LogP) is 1.85. The summed E-state index contributed by atoms with van der Waals surface area (Å²) >= 11 is 0. The lowest BCUT2D eigenvalue weighted by Crippen LogP contribution is -2.57. The number of esters is 2. The second kappa shape index (κ2) is 8.59. The average Bonchev–Trinajstić information content (AvgIpc) is 2.68. The summed E-state index contributed by atoms with van der Waals surface area (Å²) in [4.78, 5) is 48.0. The van der Waals surface area contributed by atoms with Gasteiger partial charge in [-0.3, -0.25) is 19.7 Å². The van der Waals surface area contributed by atoms with Gasteiger partial charge in [0.25, 0.3) is 11.5 Å². The zero-order valence-electron chi connectivity index (χ0n) is 16.4. The molecule has 0 bridgehead atoms. The number of rotatable bonds is 7. The molecule has 0 aromatic heterocycles. The number of non-ortho nitro benzene ring substituents is 1. The van der Waals surface area contributed by atoms with Crippen LogP contribution < -0.4 is 5.12 Å². The van der Waals surface area contributed by atoms with Crippen LogP contribution in [0, 0.1) is 15.5 Å². The largest absolute Gasteiger partial charge is 0.465 e. The van der Waals surface area contributed by atoms with Gasteiger partial charge in [-0.2, -0.15) is 15.3 Å². The van der Waals surface area contributed by atoms with E-state index in [0.717, 1.165) is 5.12 Å². The number of ether oxygens (including phenoxy) is 2. The molecule has 1 aromatic rings. The maximum absolute atomic E-state index is 12.9. The first-order valence-electron chi connectivity index (χ1n) is 8.74. The molecule has 154 valence electrons. The molecule has 0 atom stereocenters. The fourth-order valence-corrected chi connectivity index (χ4v) is 2.85. The van der Waals surface area contributed by atoms with Gasteiger partial charge in [-0.05, 0) is 39.8 Å². The summed E-state index contributed by atoms with van der Waals surface area (Å²) in [7, 11) is 0. The Kier molecular flexibility index (Phi) is 6.42. The number of hydrogen-bond donors (Lipinski definition) is 0. The molecule has 1 aromatic carbocycles. The van der Waals surface area contributed by atoms with Crippen molar-refractivity contribution in [2.45, 2.75) is 27.7 Å². The van der Waals surface area contributed by atoms with E-state index in [-0.39, 0.29) is 30.3 Å². The number of hydrazone groups is 2. The molecule has 11 heteroatoms.